The summed E-state index contributed by atoms with van der Waals surface area (Å²) < 4.78 is 75.2. The molecule has 0 saturated carbocycles. The quantitative estimate of drug-likeness (QED) is 0.522. The molecule has 10 nitrogen and oxygen atoms in total. The highest BCUT2D eigenvalue weighted by Gasteiger charge is 2.43. The van der Waals surface area contributed by atoms with E-state index in [4.69, 9.17) is 29.3 Å². The van der Waals surface area contributed by atoms with Crippen molar-refractivity contribution in [3.63, 3.8) is 0 Å². The second-order valence-corrected chi connectivity index (χ2v) is 8.84. The fraction of sp³-hybridized carbons (Fsp3) is 0.636. The molecule has 1 aromatic heterocycles. The second kappa shape index (κ2) is 14.1. The number of ether oxygens (including phenoxy) is 2. The second-order valence-electron chi connectivity index (χ2n) is 8.84. The normalized spacial score (nSPS) is 18.7. The summed E-state index contributed by atoms with van der Waals surface area (Å²) in [6, 6.07) is 5.65. The molecule has 2 N–H and O–H groups in total. The first-order valence-corrected chi connectivity index (χ1v) is 11.1. The Morgan fingerprint density at radius 1 is 1.08 bits per heavy atom. The van der Waals surface area contributed by atoms with Crippen LogP contribution in [0.3, 0.4) is 0 Å². The average molecular weight is 561 g/mol. The number of nitrogens with zero attached hydrogens (tertiary/aromatic N) is 3. The molecule has 1 unspecified atom stereocenters. The van der Waals surface area contributed by atoms with Crippen molar-refractivity contribution in [1.29, 1.82) is 0 Å². The zero-order chi connectivity index (χ0) is 29.1. The maximum Gasteiger partial charge on any atom is 0.490 e. The van der Waals surface area contributed by atoms with Crippen molar-refractivity contribution in [3.05, 3.63) is 24.4 Å². The number of halogens is 6. The number of pyridine rings is 1. The molecule has 216 valence electrons. The van der Waals surface area contributed by atoms with Crippen LogP contribution in [-0.2, 0) is 19.1 Å². The minimum absolute atomic E-state index is 0.121. The van der Waals surface area contributed by atoms with Gasteiger partial charge in [0.1, 0.15) is 6.61 Å². The van der Waals surface area contributed by atoms with Crippen LogP contribution in [-0.4, -0.2) is 108 Å². The molecule has 2 saturated heterocycles. The molecule has 2 fully saturated rings. The summed E-state index contributed by atoms with van der Waals surface area (Å²) in [6.07, 6.45) is -5.27. The van der Waals surface area contributed by atoms with Gasteiger partial charge < -0.3 is 29.5 Å². The molecule has 2 aliphatic heterocycles. The fourth-order valence-corrected chi connectivity index (χ4v) is 3.56. The molecule has 3 rings (SSSR count). The number of amides is 1. The summed E-state index contributed by atoms with van der Waals surface area (Å²) in [7, 11) is 3.86. The van der Waals surface area contributed by atoms with Crippen molar-refractivity contribution in [3.8, 4) is 5.88 Å². The predicted molar refractivity (Wildman–Crippen MR) is 118 cm³/mol. The standard InChI is InChI=1S/C18H27N3O3.2C2HF3O2/c1-20(2)12-17(22)21-9-6-18(7-10-21)11-15(24-14-18)13-23-16-5-3-4-8-19-16;2*3-2(4,5)1(6)7/h3-5,8,15H,6-7,9-14H2,1-2H3;2*(H,6,7). The van der Waals surface area contributed by atoms with E-state index in [-0.39, 0.29) is 17.4 Å². The van der Waals surface area contributed by atoms with Gasteiger partial charge in [-0.3, -0.25) is 4.79 Å². The van der Waals surface area contributed by atoms with Crippen molar-refractivity contribution >= 4 is 17.8 Å². The molecule has 1 aromatic rings. The Morgan fingerprint density at radius 3 is 2.03 bits per heavy atom. The highest BCUT2D eigenvalue weighted by atomic mass is 19.4. The van der Waals surface area contributed by atoms with Crippen molar-refractivity contribution in [1.82, 2.24) is 14.8 Å². The lowest BCUT2D eigenvalue weighted by Gasteiger charge is -2.38. The lowest BCUT2D eigenvalue weighted by molar-refractivity contribution is -0.193. The number of carboxylic acids is 2. The van der Waals surface area contributed by atoms with Crippen molar-refractivity contribution in [2.45, 2.75) is 37.7 Å². The molecule has 3 heterocycles. The summed E-state index contributed by atoms with van der Waals surface area (Å²) in [5, 5.41) is 14.2. The number of hydrogen-bond acceptors (Lipinski definition) is 7. The third-order valence-electron chi connectivity index (χ3n) is 5.45. The van der Waals surface area contributed by atoms with Crippen LogP contribution in [0.1, 0.15) is 19.3 Å². The Bertz CT molecular complexity index is 881. The number of carboxylic acid groups (broad SMARTS) is 2. The molecule has 0 bridgehead atoms. The van der Waals surface area contributed by atoms with Gasteiger partial charge in [-0.25, -0.2) is 14.6 Å². The number of carbonyl (C=O) groups excluding carboxylic acids is 1. The van der Waals surface area contributed by atoms with E-state index in [2.05, 4.69) is 4.98 Å². The summed E-state index contributed by atoms with van der Waals surface area (Å²) >= 11 is 0. The first-order chi connectivity index (χ1) is 17.4. The van der Waals surface area contributed by atoms with E-state index < -0.39 is 24.3 Å². The van der Waals surface area contributed by atoms with Gasteiger partial charge in [-0.2, -0.15) is 26.3 Å². The third-order valence-corrected chi connectivity index (χ3v) is 5.45. The summed E-state index contributed by atoms with van der Waals surface area (Å²) in [5.41, 5.74) is 0.215. The van der Waals surface area contributed by atoms with Gasteiger partial charge in [0.25, 0.3) is 0 Å². The van der Waals surface area contributed by atoms with Gasteiger partial charge in [-0.15, -0.1) is 0 Å². The lowest BCUT2D eigenvalue weighted by Crippen LogP contribution is -2.46. The number of aliphatic carboxylic acids is 2. The number of rotatable bonds is 5. The number of aromatic nitrogens is 1. The zero-order valence-corrected chi connectivity index (χ0v) is 20.6. The molecule has 0 aromatic carbocycles. The molecule has 16 heteroatoms. The van der Waals surface area contributed by atoms with E-state index in [9.17, 15) is 31.1 Å². The molecule has 38 heavy (non-hydrogen) atoms. The van der Waals surface area contributed by atoms with Crippen molar-refractivity contribution in [2.75, 3.05) is 46.9 Å². The topological polar surface area (TPSA) is 130 Å². The molecular formula is C22H29F6N3O7. The number of carbonyl (C=O) groups is 3. The first kappa shape index (κ1) is 32.9. The monoisotopic (exact) mass is 561 g/mol. The summed E-state index contributed by atoms with van der Waals surface area (Å²) in [6.45, 7) is 3.48. The van der Waals surface area contributed by atoms with Gasteiger partial charge in [0.05, 0.1) is 19.3 Å². The Hall–Kier alpha value is -3.14. The van der Waals surface area contributed by atoms with Crippen molar-refractivity contribution in [2.24, 2.45) is 5.41 Å². The Morgan fingerprint density at radius 2 is 1.61 bits per heavy atom. The molecule has 1 amide bonds. The Labute approximate surface area is 214 Å². The lowest BCUT2D eigenvalue weighted by atomic mass is 9.76. The van der Waals surface area contributed by atoms with Gasteiger partial charge in [0, 0.05) is 25.4 Å². The number of likely N-dealkylation sites (N-methyl/N-ethyl adjacent to an activating group) is 1. The number of likely N-dealkylation sites (tertiary alicyclic amines) is 1. The fourth-order valence-electron chi connectivity index (χ4n) is 3.56. The van der Waals surface area contributed by atoms with Gasteiger partial charge >= 0.3 is 24.3 Å². The maximum absolute atomic E-state index is 12.2. The first-order valence-electron chi connectivity index (χ1n) is 11.1. The number of alkyl halides is 6. The van der Waals surface area contributed by atoms with Crippen LogP contribution >= 0.6 is 0 Å². The van der Waals surface area contributed by atoms with Crippen molar-refractivity contribution < 1.29 is 60.4 Å². The van der Waals surface area contributed by atoms with E-state index >= 15 is 0 Å². The van der Waals surface area contributed by atoms with E-state index in [0.29, 0.717) is 19.0 Å². The highest BCUT2D eigenvalue weighted by molar-refractivity contribution is 5.78. The van der Waals surface area contributed by atoms with Crippen LogP contribution in [0.5, 0.6) is 5.88 Å². The maximum atomic E-state index is 12.2. The Balaban J connectivity index is 0.000000426. The van der Waals surface area contributed by atoms with Crippen LogP contribution in [0.15, 0.2) is 24.4 Å². The minimum Gasteiger partial charge on any atom is -0.475 e. The average Bonchev–Trinajstić information content (AvgIpc) is 3.20. The summed E-state index contributed by atoms with van der Waals surface area (Å²) in [5.74, 6) is -4.64. The predicted octanol–water partition coefficient (Wildman–Crippen LogP) is 2.69. The van der Waals surface area contributed by atoms with E-state index in [1.54, 1.807) is 6.20 Å². The van der Waals surface area contributed by atoms with E-state index in [1.807, 2.05) is 42.1 Å². The van der Waals surface area contributed by atoms with Crippen LogP contribution in [0.25, 0.3) is 0 Å². The van der Waals surface area contributed by atoms with Gasteiger partial charge in [-0.05, 0) is 44.8 Å². The zero-order valence-electron chi connectivity index (χ0n) is 20.6. The number of hydrogen-bond donors (Lipinski definition) is 2. The van der Waals surface area contributed by atoms with E-state index in [0.717, 1.165) is 39.0 Å². The van der Waals surface area contributed by atoms with Crippen LogP contribution in [0.4, 0.5) is 26.3 Å². The molecule has 1 atom stereocenters. The van der Waals surface area contributed by atoms with Gasteiger partial charge in [0.15, 0.2) is 0 Å². The Kier molecular flexibility index (Phi) is 12.2. The highest BCUT2D eigenvalue weighted by Crippen LogP contribution is 2.42. The van der Waals surface area contributed by atoms with Gasteiger partial charge in [-0.1, -0.05) is 6.07 Å². The molecule has 2 aliphatic rings. The SMILES string of the molecule is CN(C)CC(=O)N1CCC2(CC1)COC(COc1ccccn1)C2.O=C(O)C(F)(F)F.O=C(O)C(F)(F)F. The third kappa shape index (κ3) is 11.9. The molecular weight excluding hydrogens is 532 g/mol. The molecule has 0 aliphatic carbocycles. The minimum atomic E-state index is -5.08. The van der Waals surface area contributed by atoms with Crippen LogP contribution in [0.2, 0.25) is 0 Å². The number of piperidine rings is 1. The van der Waals surface area contributed by atoms with Crippen LogP contribution in [0, 0.1) is 5.41 Å². The van der Waals surface area contributed by atoms with Gasteiger partial charge in [0.2, 0.25) is 11.8 Å². The van der Waals surface area contributed by atoms with E-state index in [1.165, 1.54) is 0 Å². The molecule has 1 spiro atoms. The molecule has 0 radical (unpaired) electrons. The largest absolute Gasteiger partial charge is 0.490 e. The van der Waals surface area contributed by atoms with Crippen LogP contribution < -0.4 is 4.74 Å². The smallest absolute Gasteiger partial charge is 0.475 e. The summed E-state index contributed by atoms with van der Waals surface area (Å²) in [4.78, 5) is 38.0.